The van der Waals surface area contributed by atoms with Gasteiger partial charge in [0.15, 0.2) is 0 Å². The second-order valence-corrected chi connectivity index (χ2v) is 6.91. The second kappa shape index (κ2) is 8.90. The number of rotatable bonds is 7. The van der Waals surface area contributed by atoms with Crippen LogP contribution in [-0.2, 0) is 0 Å². The van der Waals surface area contributed by atoms with Crippen LogP contribution < -0.4 is 15.4 Å². The predicted octanol–water partition coefficient (Wildman–Crippen LogP) is 5.49. The highest BCUT2D eigenvalue weighted by Crippen LogP contribution is 2.30. The molecule has 0 bridgehead atoms. The lowest BCUT2D eigenvalue weighted by atomic mass is 9.97. The number of hydrogen-bond donors (Lipinski definition) is 2. The van der Waals surface area contributed by atoms with Crippen LogP contribution in [0.2, 0.25) is 5.02 Å². The summed E-state index contributed by atoms with van der Waals surface area (Å²) in [5, 5.41) is 7.24. The van der Waals surface area contributed by atoms with Crippen molar-refractivity contribution < 1.29 is 4.74 Å². The SMILES string of the molecule is COc1ccc(Cl)cc1Nc1nc(C)cc(NCCC2=CCCCC2)n1. The fourth-order valence-corrected chi connectivity index (χ4v) is 3.27. The first-order chi connectivity index (χ1) is 12.6. The molecule has 1 aromatic heterocycles. The van der Waals surface area contributed by atoms with Gasteiger partial charge in [0, 0.05) is 23.3 Å². The molecule has 0 amide bonds. The van der Waals surface area contributed by atoms with Gasteiger partial charge in [0.2, 0.25) is 5.95 Å². The van der Waals surface area contributed by atoms with Crippen LogP contribution in [0.5, 0.6) is 5.75 Å². The molecule has 0 saturated heterocycles. The first-order valence-electron chi connectivity index (χ1n) is 9.02. The molecule has 0 unspecified atom stereocenters. The molecule has 1 aliphatic carbocycles. The van der Waals surface area contributed by atoms with Gasteiger partial charge >= 0.3 is 0 Å². The Morgan fingerprint density at radius 1 is 1.19 bits per heavy atom. The number of allylic oxidation sites excluding steroid dienone is 1. The number of benzene rings is 1. The van der Waals surface area contributed by atoms with Crippen molar-refractivity contribution in [2.75, 3.05) is 24.3 Å². The van der Waals surface area contributed by atoms with E-state index in [2.05, 4.69) is 26.7 Å². The molecule has 0 fully saturated rings. The Bertz CT molecular complexity index is 791. The van der Waals surface area contributed by atoms with Crippen LogP contribution in [0.1, 0.15) is 37.8 Å². The highest BCUT2D eigenvalue weighted by Gasteiger charge is 2.08. The Hall–Kier alpha value is -2.27. The van der Waals surface area contributed by atoms with Crippen molar-refractivity contribution in [2.45, 2.75) is 39.0 Å². The molecule has 1 aromatic carbocycles. The quantitative estimate of drug-likeness (QED) is 0.629. The second-order valence-electron chi connectivity index (χ2n) is 6.47. The molecule has 0 atom stereocenters. The minimum Gasteiger partial charge on any atom is -0.495 e. The van der Waals surface area contributed by atoms with E-state index in [1.54, 1.807) is 24.8 Å². The van der Waals surface area contributed by atoms with Crippen LogP contribution in [0.4, 0.5) is 17.5 Å². The van der Waals surface area contributed by atoms with Crippen molar-refractivity contribution in [3.8, 4) is 5.75 Å². The molecular formula is C20H25ClN4O. The largest absolute Gasteiger partial charge is 0.495 e. The smallest absolute Gasteiger partial charge is 0.229 e. The van der Waals surface area contributed by atoms with E-state index in [1.807, 2.05) is 19.1 Å². The number of anilines is 3. The van der Waals surface area contributed by atoms with Crippen molar-refractivity contribution in [1.29, 1.82) is 0 Å². The molecule has 0 aliphatic heterocycles. The summed E-state index contributed by atoms with van der Waals surface area (Å²) in [5.41, 5.74) is 3.18. The molecule has 26 heavy (non-hydrogen) atoms. The van der Waals surface area contributed by atoms with Crippen molar-refractivity contribution >= 4 is 29.1 Å². The summed E-state index contributed by atoms with van der Waals surface area (Å²) in [6.45, 7) is 2.83. The van der Waals surface area contributed by atoms with Gasteiger partial charge in [0.05, 0.1) is 12.8 Å². The van der Waals surface area contributed by atoms with Crippen molar-refractivity contribution in [1.82, 2.24) is 9.97 Å². The Morgan fingerprint density at radius 2 is 2.08 bits per heavy atom. The Balaban J connectivity index is 1.67. The number of hydrogen-bond acceptors (Lipinski definition) is 5. The third-order valence-corrected chi connectivity index (χ3v) is 4.63. The van der Waals surface area contributed by atoms with Crippen LogP contribution in [0.3, 0.4) is 0 Å². The normalized spacial score (nSPS) is 13.9. The highest BCUT2D eigenvalue weighted by molar-refractivity contribution is 6.31. The number of aromatic nitrogens is 2. The van der Waals surface area contributed by atoms with Gasteiger partial charge in [-0.3, -0.25) is 0 Å². The number of nitrogens with one attached hydrogen (secondary N) is 2. The zero-order chi connectivity index (χ0) is 18.4. The minimum absolute atomic E-state index is 0.518. The summed E-state index contributed by atoms with van der Waals surface area (Å²) >= 11 is 6.09. The van der Waals surface area contributed by atoms with Crippen molar-refractivity contribution in [2.24, 2.45) is 0 Å². The van der Waals surface area contributed by atoms with E-state index in [4.69, 9.17) is 16.3 Å². The summed E-state index contributed by atoms with van der Waals surface area (Å²) < 4.78 is 5.37. The minimum atomic E-state index is 0.518. The van der Waals surface area contributed by atoms with Crippen molar-refractivity contribution in [3.63, 3.8) is 0 Å². The molecule has 5 nitrogen and oxygen atoms in total. The fraction of sp³-hybridized carbons (Fsp3) is 0.400. The van der Waals surface area contributed by atoms with E-state index < -0.39 is 0 Å². The number of halogens is 1. The van der Waals surface area contributed by atoms with Gasteiger partial charge in [0.25, 0.3) is 0 Å². The lowest BCUT2D eigenvalue weighted by Crippen LogP contribution is -2.08. The number of aryl methyl sites for hydroxylation is 1. The van der Waals surface area contributed by atoms with Gasteiger partial charge in [-0.05, 0) is 57.2 Å². The molecule has 0 saturated carbocycles. The van der Waals surface area contributed by atoms with Gasteiger partial charge in [0.1, 0.15) is 11.6 Å². The van der Waals surface area contributed by atoms with Gasteiger partial charge in [-0.15, -0.1) is 0 Å². The van der Waals surface area contributed by atoms with E-state index in [-0.39, 0.29) is 0 Å². The Morgan fingerprint density at radius 3 is 2.85 bits per heavy atom. The average Bonchev–Trinajstić information content (AvgIpc) is 2.62. The predicted molar refractivity (Wildman–Crippen MR) is 108 cm³/mol. The lowest BCUT2D eigenvalue weighted by molar-refractivity contribution is 0.417. The van der Waals surface area contributed by atoms with Gasteiger partial charge < -0.3 is 15.4 Å². The van der Waals surface area contributed by atoms with E-state index >= 15 is 0 Å². The third-order valence-electron chi connectivity index (χ3n) is 4.40. The summed E-state index contributed by atoms with van der Waals surface area (Å²) in [5.74, 6) is 2.03. The van der Waals surface area contributed by atoms with Crippen LogP contribution in [0.15, 0.2) is 35.9 Å². The molecule has 3 rings (SSSR count). The monoisotopic (exact) mass is 372 g/mol. The Kier molecular flexibility index (Phi) is 6.34. The lowest BCUT2D eigenvalue weighted by Gasteiger charge is -2.14. The summed E-state index contributed by atoms with van der Waals surface area (Å²) in [7, 11) is 1.62. The van der Waals surface area contributed by atoms with Crippen LogP contribution >= 0.6 is 11.6 Å². The van der Waals surface area contributed by atoms with E-state index in [1.165, 1.54) is 25.7 Å². The third kappa shape index (κ3) is 5.11. The number of ether oxygens (including phenoxy) is 1. The fourth-order valence-electron chi connectivity index (χ4n) is 3.10. The van der Waals surface area contributed by atoms with E-state index in [0.717, 1.165) is 30.2 Å². The van der Waals surface area contributed by atoms with E-state index in [0.29, 0.717) is 16.7 Å². The van der Waals surface area contributed by atoms with E-state index in [9.17, 15) is 0 Å². The molecule has 138 valence electrons. The van der Waals surface area contributed by atoms with Crippen LogP contribution in [-0.4, -0.2) is 23.6 Å². The van der Waals surface area contributed by atoms with Crippen LogP contribution in [0.25, 0.3) is 0 Å². The molecule has 2 N–H and O–H groups in total. The summed E-state index contributed by atoms with van der Waals surface area (Å²) in [6.07, 6.45) is 8.53. The number of nitrogens with zero attached hydrogens (tertiary/aromatic N) is 2. The maximum absolute atomic E-state index is 6.09. The molecule has 1 aliphatic rings. The molecular weight excluding hydrogens is 348 g/mol. The molecule has 6 heteroatoms. The first kappa shape index (κ1) is 18.5. The van der Waals surface area contributed by atoms with Crippen LogP contribution in [0, 0.1) is 6.92 Å². The Labute approximate surface area is 159 Å². The molecule has 0 radical (unpaired) electrons. The summed E-state index contributed by atoms with van der Waals surface area (Å²) in [6, 6.07) is 7.36. The topological polar surface area (TPSA) is 59.1 Å². The van der Waals surface area contributed by atoms with Crippen molar-refractivity contribution in [3.05, 3.63) is 46.6 Å². The number of methoxy groups -OCH3 is 1. The highest BCUT2D eigenvalue weighted by atomic mass is 35.5. The van der Waals surface area contributed by atoms with Gasteiger partial charge in [-0.25, -0.2) is 4.98 Å². The first-order valence-corrected chi connectivity index (χ1v) is 9.40. The van der Waals surface area contributed by atoms with Gasteiger partial charge in [-0.2, -0.15) is 4.98 Å². The molecule has 0 spiro atoms. The standard InChI is InChI=1S/C20H25ClN4O/c1-14-12-19(22-11-10-15-6-4-3-5-7-15)25-20(23-14)24-17-13-16(21)8-9-18(17)26-2/h6,8-9,12-13H,3-5,7,10-11H2,1-2H3,(H2,22,23,24,25). The maximum atomic E-state index is 6.09. The summed E-state index contributed by atoms with van der Waals surface area (Å²) in [4.78, 5) is 9.03. The maximum Gasteiger partial charge on any atom is 0.229 e. The van der Waals surface area contributed by atoms with Gasteiger partial charge in [-0.1, -0.05) is 23.3 Å². The zero-order valence-corrected chi connectivity index (χ0v) is 16.1. The molecule has 1 heterocycles. The molecule has 2 aromatic rings. The average molecular weight is 373 g/mol. The zero-order valence-electron chi connectivity index (χ0n) is 15.3.